The summed E-state index contributed by atoms with van der Waals surface area (Å²) in [5, 5.41) is 7.40. The summed E-state index contributed by atoms with van der Waals surface area (Å²) in [7, 11) is 0. The topological polar surface area (TPSA) is 62.7 Å². The molecule has 0 aromatic heterocycles. The zero-order valence-corrected chi connectivity index (χ0v) is 17.1. The number of hydrogen-bond donors (Lipinski definition) is 2. The van der Waals surface area contributed by atoms with Crippen molar-refractivity contribution in [2.24, 2.45) is 28.8 Å². The highest BCUT2D eigenvalue weighted by molar-refractivity contribution is 5.82. The number of urea groups is 1. The van der Waals surface area contributed by atoms with E-state index in [4.69, 9.17) is 4.74 Å². The highest BCUT2D eigenvalue weighted by atomic mass is 16.5. The smallest absolute Gasteiger partial charge is 0.335 e. The third-order valence-corrected chi connectivity index (χ3v) is 6.64. The molecule has 4 aliphatic carbocycles. The first-order valence-corrected chi connectivity index (χ1v) is 10.8. The van der Waals surface area contributed by atoms with Crippen LogP contribution in [0.25, 0.3) is 0 Å². The molecule has 2 amide bonds. The molecule has 5 heteroatoms. The molecule has 5 nitrogen and oxygen atoms in total. The van der Waals surface area contributed by atoms with Gasteiger partial charge in [-0.2, -0.15) is 5.10 Å². The number of hydrogen-bond acceptors (Lipinski definition) is 3. The lowest BCUT2D eigenvalue weighted by molar-refractivity contribution is -0.0135. The maximum absolute atomic E-state index is 12.4. The largest absolute Gasteiger partial charge is 0.494 e. The standard InChI is InChI=1S/C23H33N3O2/c1-16(2)7-8-28-21-5-3-17(4-6-21)15-24-26-22(27)25-23-12-18-9-19(13-23)11-20(10-18)14-23/h3-6,15-16,18-20H,7-14H2,1-2H3,(H2,25,26,27). The van der Waals surface area contributed by atoms with Crippen molar-refractivity contribution in [3.8, 4) is 5.75 Å². The van der Waals surface area contributed by atoms with Crippen molar-refractivity contribution in [3.63, 3.8) is 0 Å². The van der Waals surface area contributed by atoms with Gasteiger partial charge in [-0.3, -0.25) is 0 Å². The minimum absolute atomic E-state index is 0.0172. The summed E-state index contributed by atoms with van der Waals surface area (Å²) in [4.78, 5) is 12.4. The molecular weight excluding hydrogens is 350 g/mol. The maximum atomic E-state index is 12.4. The monoisotopic (exact) mass is 383 g/mol. The highest BCUT2D eigenvalue weighted by Gasteiger charge is 2.51. The van der Waals surface area contributed by atoms with Gasteiger partial charge >= 0.3 is 6.03 Å². The minimum Gasteiger partial charge on any atom is -0.494 e. The van der Waals surface area contributed by atoms with Gasteiger partial charge in [0.25, 0.3) is 0 Å². The van der Waals surface area contributed by atoms with E-state index in [9.17, 15) is 4.79 Å². The molecule has 152 valence electrons. The molecule has 1 aromatic carbocycles. The Morgan fingerprint density at radius 2 is 1.75 bits per heavy atom. The Hall–Kier alpha value is -2.04. The number of ether oxygens (including phenoxy) is 1. The van der Waals surface area contributed by atoms with Crippen molar-refractivity contribution >= 4 is 12.2 Å². The van der Waals surface area contributed by atoms with E-state index in [0.29, 0.717) is 5.92 Å². The fourth-order valence-electron chi connectivity index (χ4n) is 5.76. The van der Waals surface area contributed by atoms with Gasteiger partial charge in [-0.25, -0.2) is 10.2 Å². The first kappa shape index (κ1) is 19.3. The van der Waals surface area contributed by atoms with Crippen LogP contribution in [0.3, 0.4) is 0 Å². The average molecular weight is 384 g/mol. The second-order valence-corrected chi connectivity index (χ2v) is 9.62. The SMILES string of the molecule is CC(C)CCOc1ccc(C=NNC(=O)NC23CC4CC(CC(C4)C2)C3)cc1. The molecule has 0 atom stereocenters. The van der Waals surface area contributed by atoms with Crippen molar-refractivity contribution in [3.05, 3.63) is 29.8 Å². The van der Waals surface area contributed by atoms with E-state index in [0.717, 1.165) is 61.4 Å². The lowest BCUT2D eigenvalue weighted by Crippen LogP contribution is -2.61. The molecule has 4 fully saturated rings. The van der Waals surface area contributed by atoms with Crippen molar-refractivity contribution < 1.29 is 9.53 Å². The lowest BCUT2D eigenvalue weighted by Gasteiger charge is -2.56. The van der Waals surface area contributed by atoms with Crippen LogP contribution >= 0.6 is 0 Å². The number of carbonyl (C=O) groups excluding carboxylic acids is 1. The molecule has 0 spiro atoms. The highest BCUT2D eigenvalue weighted by Crippen LogP contribution is 2.55. The quantitative estimate of drug-likeness (QED) is 0.529. The molecule has 4 bridgehead atoms. The van der Waals surface area contributed by atoms with Crippen LogP contribution in [-0.2, 0) is 0 Å². The molecule has 0 aliphatic heterocycles. The molecule has 1 aromatic rings. The predicted octanol–water partition coefficient (Wildman–Crippen LogP) is 4.71. The van der Waals surface area contributed by atoms with Gasteiger partial charge in [-0.05, 0) is 98.4 Å². The number of nitrogens with zero attached hydrogens (tertiary/aromatic N) is 1. The van der Waals surface area contributed by atoms with E-state index < -0.39 is 0 Å². The van der Waals surface area contributed by atoms with Crippen LogP contribution in [0.1, 0.15) is 64.4 Å². The summed E-state index contributed by atoms with van der Waals surface area (Å²) in [6.07, 6.45) is 10.3. The van der Waals surface area contributed by atoms with Crippen LogP contribution in [0.4, 0.5) is 4.79 Å². The Morgan fingerprint density at radius 1 is 1.14 bits per heavy atom. The van der Waals surface area contributed by atoms with Crippen molar-refractivity contribution in [1.82, 2.24) is 10.7 Å². The fourth-order valence-corrected chi connectivity index (χ4v) is 5.76. The average Bonchev–Trinajstić information content (AvgIpc) is 2.61. The molecule has 5 rings (SSSR count). The molecule has 0 unspecified atom stereocenters. The Morgan fingerprint density at radius 3 is 2.32 bits per heavy atom. The van der Waals surface area contributed by atoms with E-state index in [2.05, 4.69) is 29.7 Å². The number of amides is 2. The second-order valence-electron chi connectivity index (χ2n) is 9.62. The van der Waals surface area contributed by atoms with E-state index >= 15 is 0 Å². The molecular formula is C23H33N3O2. The molecule has 4 aliphatic rings. The number of carbonyl (C=O) groups is 1. The lowest BCUT2D eigenvalue weighted by atomic mass is 9.53. The summed E-state index contributed by atoms with van der Waals surface area (Å²) in [6.45, 7) is 5.11. The Bertz CT molecular complexity index is 676. The zero-order valence-electron chi connectivity index (χ0n) is 17.1. The van der Waals surface area contributed by atoms with Gasteiger partial charge in [0.15, 0.2) is 0 Å². The van der Waals surface area contributed by atoms with E-state index in [1.807, 2.05) is 24.3 Å². The number of hydrazone groups is 1. The summed E-state index contributed by atoms with van der Waals surface area (Å²) in [5.41, 5.74) is 3.61. The van der Waals surface area contributed by atoms with Gasteiger partial charge in [0.05, 0.1) is 12.8 Å². The van der Waals surface area contributed by atoms with Gasteiger partial charge in [-0.1, -0.05) is 13.8 Å². The van der Waals surface area contributed by atoms with Crippen LogP contribution < -0.4 is 15.5 Å². The second kappa shape index (κ2) is 8.14. The number of nitrogens with one attached hydrogen (secondary N) is 2. The Labute approximate surface area is 168 Å². The molecule has 0 saturated heterocycles. The van der Waals surface area contributed by atoms with E-state index in [1.165, 1.54) is 19.3 Å². The maximum Gasteiger partial charge on any atom is 0.335 e. The van der Waals surface area contributed by atoms with Crippen molar-refractivity contribution in [2.75, 3.05) is 6.61 Å². The van der Waals surface area contributed by atoms with Crippen LogP contribution in [-0.4, -0.2) is 24.4 Å². The first-order chi connectivity index (χ1) is 13.5. The van der Waals surface area contributed by atoms with Crippen LogP contribution in [0.5, 0.6) is 5.75 Å². The molecule has 2 N–H and O–H groups in total. The van der Waals surface area contributed by atoms with Gasteiger partial charge in [0.1, 0.15) is 5.75 Å². The number of benzene rings is 1. The predicted molar refractivity (Wildman–Crippen MR) is 112 cm³/mol. The van der Waals surface area contributed by atoms with Crippen LogP contribution in [0.15, 0.2) is 29.4 Å². The summed E-state index contributed by atoms with van der Waals surface area (Å²) in [6, 6.07) is 7.61. The van der Waals surface area contributed by atoms with E-state index in [1.54, 1.807) is 6.21 Å². The van der Waals surface area contributed by atoms with Gasteiger partial charge in [0, 0.05) is 5.54 Å². The number of rotatable bonds is 7. The molecule has 28 heavy (non-hydrogen) atoms. The third-order valence-electron chi connectivity index (χ3n) is 6.64. The normalized spacial score (nSPS) is 30.8. The Balaban J connectivity index is 1.24. The Kier molecular flexibility index (Phi) is 5.61. The molecule has 0 heterocycles. The molecule has 0 radical (unpaired) electrons. The van der Waals surface area contributed by atoms with Gasteiger partial charge in [-0.15, -0.1) is 0 Å². The third kappa shape index (κ3) is 4.68. The van der Waals surface area contributed by atoms with Crippen molar-refractivity contribution in [1.29, 1.82) is 0 Å². The van der Waals surface area contributed by atoms with Gasteiger partial charge < -0.3 is 10.1 Å². The zero-order chi connectivity index (χ0) is 19.6. The fraction of sp³-hybridized carbons (Fsp3) is 0.652. The van der Waals surface area contributed by atoms with Gasteiger partial charge in [0.2, 0.25) is 0 Å². The van der Waals surface area contributed by atoms with Crippen molar-refractivity contribution in [2.45, 2.75) is 64.3 Å². The van der Waals surface area contributed by atoms with Crippen LogP contribution in [0, 0.1) is 23.7 Å². The summed E-state index contributed by atoms with van der Waals surface area (Å²) < 4.78 is 5.72. The minimum atomic E-state index is -0.174. The first-order valence-electron chi connectivity index (χ1n) is 10.8. The summed E-state index contributed by atoms with van der Waals surface area (Å²) >= 11 is 0. The molecule has 4 saturated carbocycles. The van der Waals surface area contributed by atoms with Crippen LogP contribution in [0.2, 0.25) is 0 Å². The summed E-state index contributed by atoms with van der Waals surface area (Å²) in [5.74, 6) is 3.95. The van der Waals surface area contributed by atoms with E-state index in [-0.39, 0.29) is 11.6 Å².